The maximum atomic E-state index is 15.2. The third-order valence-electron chi connectivity index (χ3n) is 17.8. The van der Waals surface area contributed by atoms with E-state index in [-0.39, 0.29) is 63.9 Å². The highest BCUT2D eigenvalue weighted by atomic mass is 31.2. The summed E-state index contributed by atoms with van der Waals surface area (Å²) in [6.07, 6.45) is -7.06. The lowest BCUT2D eigenvalue weighted by molar-refractivity contribution is -0.121. The van der Waals surface area contributed by atoms with E-state index < -0.39 is 190 Å². The molecule has 4 amide bonds. The van der Waals surface area contributed by atoms with Crippen molar-refractivity contribution in [1.82, 2.24) is 29.6 Å². The topological polar surface area (TPSA) is 305 Å². The molecule has 0 bridgehead atoms. The van der Waals surface area contributed by atoms with Gasteiger partial charge >= 0.3 is 21.8 Å². The van der Waals surface area contributed by atoms with Crippen LogP contribution < -0.4 is 31.0 Å². The molecule has 8 aromatic rings. The summed E-state index contributed by atoms with van der Waals surface area (Å²) in [4.78, 5) is 107. The van der Waals surface area contributed by atoms with Gasteiger partial charge in [0, 0.05) is 73.7 Å². The molecular weight excluding hydrogens is 1460 g/mol. The van der Waals surface area contributed by atoms with E-state index in [4.69, 9.17) is 55.6 Å². The Bertz CT molecular complexity index is 4410. The van der Waals surface area contributed by atoms with Gasteiger partial charge in [0.05, 0.1) is 65.9 Å². The zero-order valence-electron chi connectivity index (χ0n) is 58.2. The average molecular weight is 1530 g/mol. The molecule has 6 atom stereocenters. The first kappa shape index (κ1) is 77.4. The van der Waals surface area contributed by atoms with E-state index in [0.29, 0.717) is 47.2 Å². The van der Waals surface area contributed by atoms with Crippen molar-refractivity contribution in [1.29, 1.82) is 0 Å². The first-order chi connectivity index (χ1) is 52.1. The second kappa shape index (κ2) is 35.2. The van der Waals surface area contributed by atoms with Crippen molar-refractivity contribution in [3.8, 4) is 11.5 Å². The second-order valence-electron chi connectivity index (χ2n) is 25.3. The van der Waals surface area contributed by atoms with Gasteiger partial charge in [-0.1, -0.05) is 133 Å². The highest BCUT2D eigenvalue weighted by Crippen LogP contribution is 2.52. The number of pyridine rings is 2. The number of phosphoric ester groups is 2. The molecule has 6 aromatic carbocycles. The summed E-state index contributed by atoms with van der Waals surface area (Å²) in [5, 5.41) is 4.87. The maximum absolute atomic E-state index is 15.2. The number of aromatic nitrogens is 2. The van der Waals surface area contributed by atoms with Crippen LogP contribution in [-0.2, 0) is 108 Å². The maximum Gasteiger partial charge on any atom is 0.514 e. The molecule has 2 saturated heterocycles. The average Bonchev–Trinajstić information content (AvgIpc) is 0.748. The predicted octanol–water partition coefficient (Wildman–Crippen LogP) is 11.8. The molecule has 33 heteroatoms. The van der Waals surface area contributed by atoms with Crippen molar-refractivity contribution in [2.24, 2.45) is 0 Å². The lowest BCUT2D eigenvalue weighted by Crippen LogP contribution is -2.57. The van der Waals surface area contributed by atoms with Crippen molar-refractivity contribution in [2.45, 2.75) is 129 Å². The molecule has 0 radical (unpaired) electrons. The van der Waals surface area contributed by atoms with Crippen LogP contribution in [0.1, 0.15) is 115 Å². The first-order valence-corrected chi connectivity index (χ1v) is 37.3. The van der Waals surface area contributed by atoms with Gasteiger partial charge in [-0.3, -0.25) is 55.9 Å². The Morgan fingerprint density at radius 1 is 0.491 bits per heavy atom. The summed E-state index contributed by atoms with van der Waals surface area (Å²) in [6, 6.07) is 38.3. The number of carbonyl (C=O) groups excluding carboxylic acids is 5. The van der Waals surface area contributed by atoms with Crippen LogP contribution in [0.15, 0.2) is 180 Å². The Kier molecular flexibility index (Phi) is 25.3. The highest BCUT2D eigenvalue weighted by molar-refractivity contribution is 7.48. The number of amides is 4. The van der Waals surface area contributed by atoms with Crippen LogP contribution in [0.4, 0.5) is 22.4 Å². The highest BCUT2D eigenvalue weighted by Gasteiger charge is 2.45. The van der Waals surface area contributed by atoms with Crippen molar-refractivity contribution in [3.63, 3.8) is 0 Å². The molecule has 108 heavy (non-hydrogen) atoms. The normalized spacial score (nSPS) is 17.5. The zero-order chi connectivity index (χ0) is 76.1. The van der Waals surface area contributed by atoms with Crippen molar-refractivity contribution in [3.05, 3.63) is 270 Å². The molecule has 6 heterocycles. The third kappa shape index (κ3) is 19.2. The molecule has 0 spiro atoms. The van der Waals surface area contributed by atoms with E-state index in [1.54, 1.807) is 135 Å². The van der Waals surface area contributed by atoms with Gasteiger partial charge in [0.2, 0.25) is 34.9 Å². The number of benzene rings is 6. The van der Waals surface area contributed by atoms with Crippen molar-refractivity contribution < 1.29 is 106 Å². The van der Waals surface area contributed by atoms with Crippen LogP contribution >= 0.6 is 15.6 Å². The van der Waals surface area contributed by atoms with Gasteiger partial charge in [-0.15, -0.1) is 0 Å². The van der Waals surface area contributed by atoms with Gasteiger partial charge in [0.25, 0.3) is 23.6 Å². The number of nitrogens with zero attached hydrogens (tertiary/aromatic N) is 4. The lowest BCUT2D eigenvalue weighted by Gasteiger charge is -2.44. The molecular formula is C75H74F4N6O21P2. The summed E-state index contributed by atoms with van der Waals surface area (Å²) >= 11 is 0. The fourth-order valence-electron chi connectivity index (χ4n) is 12.1. The smallest absolute Gasteiger partial charge is 0.448 e. The Balaban J connectivity index is 0.923. The second-order valence-corrected chi connectivity index (χ2v) is 28.7. The van der Waals surface area contributed by atoms with E-state index in [9.17, 15) is 27.5 Å². The van der Waals surface area contributed by atoms with E-state index in [0.717, 1.165) is 36.7 Å². The zero-order valence-corrected chi connectivity index (χ0v) is 60.0. The number of hydrogen-bond acceptors (Lipinski definition) is 21. The molecule has 0 saturated carbocycles. The van der Waals surface area contributed by atoms with Crippen LogP contribution in [0.2, 0.25) is 0 Å². The molecule has 2 N–H and O–H groups in total. The van der Waals surface area contributed by atoms with E-state index >= 15 is 32.8 Å². The van der Waals surface area contributed by atoms with Crippen LogP contribution in [0.25, 0.3) is 0 Å². The third-order valence-corrected chi connectivity index (χ3v) is 20.6. The summed E-state index contributed by atoms with van der Waals surface area (Å²) in [7, 11) is -9.44. The molecule has 27 nitrogen and oxygen atoms in total. The fourth-order valence-corrected chi connectivity index (χ4v) is 14.5. The van der Waals surface area contributed by atoms with Gasteiger partial charge in [-0.25, -0.2) is 31.5 Å². The van der Waals surface area contributed by atoms with Crippen molar-refractivity contribution >= 4 is 45.4 Å². The number of ether oxygens (including phenoxy) is 6. The minimum absolute atomic E-state index is 0.179. The van der Waals surface area contributed by atoms with Crippen LogP contribution in [0.5, 0.6) is 11.5 Å². The fraction of sp³-hybridized carbons (Fsp3) is 0.320. The molecule has 4 aliphatic heterocycles. The molecule has 12 rings (SSSR count). The number of phosphoric acid groups is 2. The summed E-state index contributed by atoms with van der Waals surface area (Å²) < 4.78 is 162. The lowest BCUT2D eigenvalue weighted by atomic mass is 10.1. The van der Waals surface area contributed by atoms with Crippen LogP contribution in [0.3, 0.4) is 0 Å². The number of fused-ring (bicyclic) bond motifs is 4. The molecule has 2 fully saturated rings. The number of hydrogen-bond donors (Lipinski definition) is 2. The van der Waals surface area contributed by atoms with Crippen LogP contribution in [0, 0.1) is 23.3 Å². The first-order valence-electron chi connectivity index (χ1n) is 34.4. The molecule has 2 aromatic heterocycles. The predicted molar refractivity (Wildman–Crippen MR) is 374 cm³/mol. The monoisotopic (exact) mass is 1530 g/mol. The Hall–Kier alpha value is -10.2. The quantitative estimate of drug-likeness (QED) is 0.0171. The standard InChI is InChI=1S/C75H74F4N6O21P2/c1-47-27-31-95-61-41-82-39-57(71(88)80-37-53-23-25-55(76)35-59(53)78)67(86)69(65(82)73(90)84(47)61)103-63(29-33-97-107(93,99-43-49-15-7-3-8-16-49)100-44-50-17-9-4-10-18-50)105-75(92)106-64(30-34-98-108(94,101-45-51-19-11-5-12-20-51)102-46-52-21-13-6-14-22-52)104-70-66-74(91)85-48(2)28-32-96-62(85)42-83(66)40-58(68(70)87)72(89)81-38-54-24-26-56(77)36-60(54)79/h3-26,35-36,39-40,47-48,61-64H,27-34,37-38,41-46H2,1-2H3,(H,80,88)(H,81,89)/t47-,48-,61+,62+,63?,64?/m1/s1. The molecule has 0 aliphatic carbocycles. The Morgan fingerprint density at radius 2 is 0.833 bits per heavy atom. The Morgan fingerprint density at radius 3 is 1.17 bits per heavy atom. The van der Waals surface area contributed by atoms with E-state index in [1.807, 2.05) is 0 Å². The summed E-state index contributed by atoms with van der Waals surface area (Å²) in [5.74, 6) is -9.73. The van der Waals surface area contributed by atoms with Gasteiger partial charge in [0.1, 0.15) is 34.4 Å². The van der Waals surface area contributed by atoms with Crippen molar-refractivity contribution in [2.75, 3.05) is 26.4 Å². The van der Waals surface area contributed by atoms with Gasteiger partial charge < -0.3 is 58.0 Å². The number of halogens is 4. The summed E-state index contributed by atoms with van der Waals surface area (Å²) in [5.41, 5.74) is -3.21. The minimum Gasteiger partial charge on any atom is -0.448 e. The number of rotatable bonds is 32. The van der Waals surface area contributed by atoms with E-state index in [1.165, 1.54) is 18.9 Å². The molecule has 2 unspecified atom stereocenters. The van der Waals surface area contributed by atoms with E-state index in [2.05, 4.69) is 10.6 Å². The van der Waals surface area contributed by atoms with Gasteiger partial charge in [-0.2, -0.15) is 0 Å². The molecule has 4 aliphatic rings. The molecule has 568 valence electrons. The Labute approximate surface area is 615 Å². The number of nitrogens with one attached hydrogen (secondary N) is 2. The van der Waals surface area contributed by atoms with Crippen LogP contribution in [-0.4, -0.2) is 112 Å². The largest absolute Gasteiger partial charge is 0.514 e. The number of carbonyl (C=O) groups is 5. The van der Waals surface area contributed by atoms with Gasteiger partial charge in [-0.05, 0) is 61.1 Å². The SMILES string of the molecule is C[C@@H]1CCO[C@H]2Cn3cc(C(=O)NCc4ccc(F)cc4F)c(=O)c(OC(CCOP(=O)(OCc4ccccc4)OCc4ccccc4)OC(=O)OC(CCOP(=O)(OCc4ccccc4)OCc4ccccc4)Oc4c5n(cc(C(=O)NCc6ccc(F)cc6F)c4=O)C[C@@H]4OCC[C@@H](C)N4C5=O)c3C(=O)N12. The minimum atomic E-state index is -4.72. The summed E-state index contributed by atoms with van der Waals surface area (Å²) in [6.45, 7) is -0.651. The van der Waals surface area contributed by atoms with Gasteiger partial charge in [0.15, 0.2) is 23.8 Å².